The highest BCUT2D eigenvalue weighted by atomic mass is 19.4. The summed E-state index contributed by atoms with van der Waals surface area (Å²) in [5, 5.41) is 9.53. The summed E-state index contributed by atoms with van der Waals surface area (Å²) in [7, 11) is 1.53. The molecule has 1 saturated carbocycles. The van der Waals surface area contributed by atoms with Gasteiger partial charge in [0.05, 0.1) is 6.33 Å². The quantitative estimate of drug-likeness (QED) is 0.653. The Kier molecular flexibility index (Phi) is 6.45. The van der Waals surface area contributed by atoms with Crippen molar-refractivity contribution in [2.45, 2.75) is 83.2 Å². The Hall–Kier alpha value is -2.10. The molecule has 1 unspecified atom stereocenters. The standard InChI is InChI=1S/C20H29F3N4O3/c1-19(30,20(21,22)23)10-5-6-11-27-17(28)15-16(25(2)18(27)29)24-13-26(15)12-9-14-7-3-4-8-14/h13-14,30H,3-12H2,1-2H3. The van der Waals surface area contributed by atoms with E-state index in [-0.39, 0.29) is 19.4 Å². The fraction of sp³-hybridized carbons (Fsp3) is 0.750. The van der Waals surface area contributed by atoms with Crippen LogP contribution in [0.2, 0.25) is 0 Å². The molecule has 30 heavy (non-hydrogen) atoms. The van der Waals surface area contributed by atoms with Crippen LogP contribution in [0.15, 0.2) is 15.9 Å². The molecule has 0 bridgehead atoms. The van der Waals surface area contributed by atoms with Crippen molar-refractivity contribution < 1.29 is 18.3 Å². The van der Waals surface area contributed by atoms with E-state index >= 15 is 0 Å². The van der Waals surface area contributed by atoms with Gasteiger partial charge in [-0.25, -0.2) is 9.78 Å². The molecule has 1 aliphatic rings. The van der Waals surface area contributed by atoms with Crippen LogP contribution in [0.3, 0.4) is 0 Å². The summed E-state index contributed by atoms with van der Waals surface area (Å²) < 4.78 is 42.4. The minimum absolute atomic E-state index is 0.0107. The van der Waals surface area contributed by atoms with Crippen LogP contribution in [0.4, 0.5) is 13.2 Å². The summed E-state index contributed by atoms with van der Waals surface area (Å²) in [4.78, 5) is 29.8. The minimum Gasteiger partial charge on any atom is -0.381 e. The third-order valence-corrected chi connectivity index (χ3v) is 6.26. The number of aryl methyl sites for hydroxylation is 2. The highest BCUT2D eigenvalue weighted by Crippen LogP contribution is 2.33. The fourth-order valence-corrected chi connectivity index (χ4v) is 4.19. The average molecular weight is 430 g/mol. The second kappa shape index (κ2) is 8.56. The van der Waals surface area contributed by atoms with Gasteiger partial charge in [-0.05, 0) is 38.5 Å². The van der Waals surface area contributed by atoms with Crippen LogP contribution in [0.1, 0.15) is 58.3 Å². The molecule has 10 heteroatoms. The molecule has 1 N–H and O–H groups in total. The van der Waals surface area contributed by atoms with Crippen molar-refractivity contribution in [2.75, 3.05) is 0 Å². The van der Waals surface area contributed by atoms with Crippen molar-refractivity contribution in [3.8, 4) is 0 Å². The van der Waals surface area contributed by atoms with Crippen LogP contribution in [-0.4, -0.2) is 35.6 Å². The lowest BCUT2D eigenvalue weighted by molar-refractivity contribution is -0.255. The Morgan fingerprint density at radius 2 is 1.83 bits per heavy atom. The number of fused-ring (bicyclic) bond motifs is 1. The van der Waals surface area contributed by atoms with Gasteiger partial charge in [0.25, 0.3) is 5.56 Å². The lowest BCUT2D eigenvalue weighted by Gasteiger charge is -2.26. The van der Waals surface area contributed by atoms with E-state index < -0.39 is 29.4 Å². The van der Waals surface area contributed by atoms with Gasteiger partial charge in [0.2, 0.25) is 0 Å². The predicted octanol–water partition coefficient (Wildman–Crippen LogP) is 2.96. The van der Waals surface area contributed by atoms with Crippen molar-refractivity contribution in [1.29, 1.82) is 0 Å². The Morgan fingerprint density at radius 3 is 2.47 bits per heavy atom. The number of nitrogens with zero attached hydrogens (tertiary/aromatic N) is 4. The fourth-order valence-electron chi connectivity index (χ4n) is 4.19. The number of aromatic nitrogens is 4. The normalized spacial score (nSPS) is 17.7. The number of halogens is 3. The van der Waals surface area contributed by atoms with Crippen molar-refractivity contribution >= 4 is 11.2 Å². The zero-order valence-electron chi connectivity index (χ0n) is 17.4. The summed E-state index contributed by atoms with van der Waals surface area (Å²) >= 11 is 0. The molecule has 1 fully saturated rings. The van der Waals surface area contributed by atoms with Crippen molar-refractivity contribution in [3.63, 3.8) is 0 Å². The third-order valence-electron chi connectivity index (χ3n) is 6.26. The van der Waals surface area contributed by atoms with E-state index in [1.54, 1.807) is 10.9 Å². The molecule has 0 aliphatic heterocycles. The second-order valence-corrected chi connectivity index (χ2v) is 8.58. The van der Waals surface area contributed by atoms with Gasteiger partial charge in [-0.1, -0.05) is 25.7 Å². The zero-order valence-corrected chi connectivity index (χ0v) is 17.4. The zero-order chi connectivity index (χ0) is 22.1. The number of rotatable bonds is 8. The van der Waals surface area contributed by atoms with Crippen LogP contribution in [-0.2, 0) is 20.1 Å². The van der Waals surface area contributed by atoms with Gasteiger partial charge in [-0.15, -0.1) is 0 Å². The molecule has 7 nitrogen and oxygen atoms in total. The second-order valence-electron chi connectivity index (χ2n) is 8.58. The van der Waals surface area contributed by atoms with E-state index in [2.05, 4.69) is 4.98 Å². The Morgan fingerprint density at radius 1 is 1.17 bits per heavy atom. The first-order chi connectivity index (χ1) is 14.0. The van der Waals surface area contributed by atoms with Gasteiger partial charge in [-0.3, -0.25) is 13.9 Å². The molecule has 1 atom stereocenters. The molecule has 2 aromatic rings. The molecule has 0 spiro atoms. The van der Waals surface area contributed by atoms with E-state index in [9.17, 15) is 27.9 Å². The van der Waals surface area contributed by atoms with Crippen molar-refractivity contribution in [1.82, 2.24) is 18.7 Å². The lowest BCUT2D eigenvalue weighted by atomic mass is 9.98. The van der Waals surface area contributed by atoms with Crippen LogP contribution < -0.4 is 11.2 Å². The molecule has 0 amide bonds. The number of hydrogen-bond acceptors (Lipinski definition) is 4. The van der Waals surface area contributed by atoms with Crippen LogP contribution >= 0.6 is 0 Å². The van der Waals surface area contributed by atoms with Crippen LogP contribution in [0.5, 0.6) is 0 Å². The first kappa shape index (κ1) is 22.6. The maximum absolute atomic E-state index is 13.0. The van der Waals surface area contributed by atoms with Crippen LogP contribution in [0.25, 0.3) is 11.2 Å². The summed E-state index contributed by atoms with van der Waals surface area (Å²) in [6.45, 7) is 1.36. The molecule has 2 heterocycles. The average Bonchev–Trinajstić information content (AvgIpc) is 3.32. The van der Waals surface area contributed by atoms with Gasteiger partial charge in [0.1, 0.15) is 0 Å². The molecule has 3 rings (SSSR count). The van der Waals surface area contributed by atoms with Crippen molar-refractivity contribution in [2.24, 2.45) is 13.0 Å². The first-order valence-corrected chi connectivity index (χ1v) is 10.5. The maximum Gasteiger partial charge on any atom is 0.416 e. The lowest BCUT2D eigenvalue weighted by Crippen LogP contribution is -2.42. The van der Waals surface area contributed by atoms with Crippen LogP contribution in [0, 0.1) is 5.92 Å². The Bertz CT molecular complexity index is 998. The number of unbranched alkanes of at least 4 members (excludes halogenated alkanes) is 1. The van der Waals surface area contributed by atoms with Gasteiger partial charge in [0.15, 0.2) is 16.8 Å². The topological polar surface area (TPSA) is 82.0 Å². The van der Waals surface area contributed by atoms with E-state index in [1.165, 1.54) is 37.3 Å². The third kappa shape index (κ3) is 4.48. The minimum atomic E-state index is -4.72. The van der Waals surface area contributed by atoms with E-state index in [1.807, 2.05) is 0 Å². The largest absolute Gasteiger partial charge is 0.416 e. The SMILES string of the molecule is Cn1c(=O)n(CCCCC(C)(O)C(F)(F)F)c(=O)c2c1ncn2CCC1CCCC1. The predicted molar refractivity (Wildman–Crippen MR) is 106 cm³/mol. The van der Waals surface area contributed by atoms with Gasteiger partial charge in [0, 0.05) is 20.1 Å². The molecule has 0 radical (unpaired) electrons. The first-order valence-electron chi connectivity index (χ1n) is 10.5. The molecule has 0 aromatic carbocycles. The summed E-state index contributed by atoms with van der Waals surface area (Å²) in [6.07, 6.45) is 2.36. The molecular weight excluding hydrogens is 401 g/mol. The van der Waals surface area contributed by atoms with Crippen molar-refractivity contribution in [3.05, 3.63) is 27.2 Å². The molecule has 1 aliphatic carbocycles. The smallest absolute Gasteiger partial charge is 0.381 e. The highest BCUT2D eigenvalue weighted by molar-refractivity contribution is 5.69. The van der Waals surface area contributed by atoms with E-state index in [0.717, 1.165) is 17.9 Å². The maximum atomic E-state index is 13.0. The van der Waals surface area contributed by atoms with E-state index in [0.29, 0.717) is 23.6 Å². The summed E-state index contributed by atoms with van der Waals surface area (Å²) in [5.41, 5.74) is -3.15. The summed E-state index contributed by atoms with van der Waals surface area (Å²) in [5.74, 6) is 0.638. The number of aliphatic hydroxyl groups is 1. The van der Waals surface area contributed by atoms with E-state index in [4.69, 9.17) is 0 Å². The van der Waals surface area contributed by atoms with Gasteiger partial charge < -0.3 is 9.67 Å². The molecular formula is C20H29F3N4O3. The Labute approximate surface area is 172 Å². The van der Waals surface area contributed by atoms with Gasteiger partial charge >= 0.3 is 11.9 Å². The molecule has 2 aromatic heterocycles. The molecule has 0 saturated heterocycles. The molecule has 168 valence electrons. The number of hydrogen-bond donors (Lipinski definition) is 1. The number of imidazole rings is 1. The Balaban J connectivity index is 1.76. The number of alkyl halides is 3. The summed E-state index contributed by atoms with van der Waals surface area (Å²) in [6, 6.07) is 0. The van der Waals surface area contributed by atoms with Gasteiger partial charge in [-0.2, -0.15) is 13.2 Å². The highest BCUT2D eigenvalue weighted by Gasteiger charge is 2.48. The monoisotopic (exact) mass is 430 g/mol.